The Labute approximate surface area is 166 Å². The number of hydrogen-bond acceptors (Lipinski definition) is 5. The van der Waals surface area contributed by atoms with Crippen LogP contribution < -0.4 is 5.32 Å². The van der Waals surface area contributed by atoms with E-state index in [2.05, 4.69) is 10.3 Å². The van der Waals surface area contributed by atoms with Crippen LogP contribution in [0.4, 0.5) is 0 Å². The number of thiophene rings is 1. The van der Waals surface area contributed by atoms with Gasteiger partial charge < -0.3 is 9.72 Å². The molecule has 142 valence electrons. The van der Waals surface area contributed by atoms with Crippen molar-refractivity contribution in [3.63, 3.8) is 0 Å². The molecule has 28 heavy (non-hydrogen) atoms. The summed E-state index contributed by atoms with van der Waals surface area (Å²) in [6, 6.07) is 11.7. The fourth-order valence-electron chi connectivity index (χ4n) is 2.79. The van der Waals surface area contributed by atoms with Crippen molar-refractivity contribution in [3.8, 4) is 0 Å². The highest BCUT2D eigenvalue weighted by atomic mass is 32.2. The molecule has 3 aromatic heterocycles. The molecule has 0 saturated heterocycles. The number of pyridine rings is 1. The summed E-state index contributed by atoms with van der Waals surface area (Å²) < 4.78 is 27.4. The Balaban J connectivity index is 1.45. The van der Waals surface area contributed by atoms with Crippen LogP contribution >= 0.6 is 11.3 Å². The molecular weight excluding hydrogens is 394 g/mol. The number of aromatic nitrogens is 2. The van der Waals surface area contributed by atoms with Gasteiger partial charge in [-0.25, -0.2) is 13.4 Å². The second-order valence-electron chi connectivity index (χ2n) is 6.38. The highest BCUT2D eigenvalue weighted by Gasteiger charge is 2.19. The monoisotopic (exact) mass is 411 g/mol. The first-order valence-corrected chi connectivity index (χ1v) is 10.9. The van der Waals surface area contributed by atoms with Crippen LogP contribution in [0.3, 0.4) is 0 Å². The van der Waals surface area contributed by atoms with Crippen LogP contribution in [0.15, 0.2) is 75.5 Å². The van der Waals surface area contributed by atoms with Crippen molar-refractivity contribution in [1.29, 1.82) is 0 Å². The molecule has 0 aliphatic heterocycles. The lowest BCUT2D eigenvalue weighted by molar-refractivity contribution is 0.0950. The summed E-state index contributed by atoms with van der Waals surface area (Å²) in [5.74, 6) is -0.207. The summed E-state index contributed by atoms with van der Waals surface area (Å²) in [4.78, 5) is 16.7. The molecule has 0 saturated carbocycles. The van der Waals surface area contributed by atoms with Crippen LogP contribution in [0.1, 0.15) is 21.5 Å². The Bertz CT molecular complexity index is 1260. The second-order valence-corrected chi connectivity index (χ2v) is 9.47. The van der Waals surface area contributed by atoms with Crippen LogP contribution in [0.5, 0.6) is 0 Å². The average Bonchev–Trinajstić information content (AvgIpc) is 3.34. The third-order valence-corrected chi connectivity index (χ3v) is 7.64. The van der Waals surface area contributed by atoms with Gasteiger partial charge in [0.2, 0.25) is 9.84 Å². The van der Waals surface area contributed by atoms with E-state index in [1.165, 1.54) is 11.3 Å². The topological polar surface area (TPSA) is 80.5 Å². The summed E-state index contributed by atoms with van der Waals surface area (Å²) in [7, 11) is -3.50. The molecule has 3 heterocycles. The van der Waals surface area contributed by atoms with Crippen molar-refractivity contribution in [2.75, 3.05) is 0 Å². The SMILES string of the molecule is Cc1csc(S(=O)(=O)c2ccc(CNC(=O)c3ccc4nccn4c3)cc2)c1. The molecule has 0 aliphatic rings. The fraction of sp³-hybridized carbons (Fsp3) is 0.100. The first-order valence-electron chi connectivity index (χ1n) is 8.53. The van der Waals surface area contributed by atoms with E-state index in [1.54, 1.807) is 65.5 Å². The molecular formula is C20H17N3O3S2. The molecule has 4 aromatic rings. The number of amides is 1. The van der Waals surface area contributed by atoms with E-state index in [-0.39, 0.29) is 10.8 Å². The molecule has 4 rings (SSSR count). The summed E-state index contributed by atoms with van der Waals surface area (Å²) in [5, 5.41) is 4.66. The zero-order chi connectivity index (χ0) is 19.7. The molecule has 0 aliphatic carbocycles. The Hall–Kier alpha value is -2.97. The Morgan fingerprint density at radius 3 is 2.68 bits per heavy atom. The van der Waals surface area contributed by atoms with Gasteiger partial charge in [0.25, 0.3) is 5.91 Å². The lowest BCUT2D eigenvalue weighted by atomic mass is 10.2. The number of sulfone groups is 1. The van der Waals surface area contributed by atoms with E-state index in [0.29, 0.717) is 16.3 Å². The van der Waals surface area contributed by atoms with Crippen LogP contribution in [0.2, 0.25) is 0 Å². The predicted molar refractivity (Wildman–Crippen MR) is 107 cm³/mol. The molecule has 1 N–H and O–H groups in total. The molecule has 0 fully saturated rings. The highest BCUT2D eigenvalue weighted by molar-refractivity contribution is 7.93. The first-order chi connectivity index (χ1) is 13.4. The summed E-state index contributed by atoms with van der Waals surface area (Å²) >= 11 is 1.22. The quantitative estimate of drug-likeness (QED) is 0.545. The zero-order valence-electron chi connectivity index (χ0n) is 15.0. The number of aryl methyl sites for hydroxylation is 1. The molecule has 1 aromatic carbocycles. The summed E-state index contributed by atoms with van der Waals surface area (Å²) in [6.07, 6.45) is 5.17. The predicted octanol–water partition coefficient (Wildman–Crippen LogP) is 3.47. The third-order valence-electron chi connectivity index (χ3n) is 4.31. The number of hydrogen-bond donors (Lipinski definition) is 1. The van der Waals surface area contributed by atoms with Gasteiger partial charge in [0, 0.05) is 25.1 Å². The van der Waals surface area contributed by atoms with Gasteiger partial charge in [-0.1, -0.05) is 12.1 Å². The molecule has 0 radical (unpaired) electrons. The average molecular weight is 412 g/mol. The molecule has 0 bridgehead atoms. The minimum absolute atomic E-state index is 0.207. The van der Waals surface area contributed by atoms with Crippen molar-refractivity contribution in [2.45, 2.75) is 22.6 Å². The van der Waals surface area contributed by atoms with Crippen molar-refractivity contribution in [2.24, 2.45) is 0 Å². The van der Waals surface area contributed by atoms with Gasteiger partial charge in [-0.15, -0.1) is 11.3 Å². The highest BCUT2D eigenvalue weighted by Crippen LogP contribution is 2.26. The number of imidazole rings is 1. The maximum atomic E-state index is 12.6. The number of rotatable bonds is 5. The van der Waals surface area contributed by atoms with Crippen LogP contribution in [-0.4, -0.2) is 23.7 Å². The van der Waals surface area contributed by atoms with E-state index >= 15 is 0 Å². The van der Waals surface area contributed by atoms with E-state index in [0.717, 1.165) is 16.8 Å². The number of benzene rings is 1. The lowest BCUT2D eigenvalue weighted by Crippen LogP contribution is -2.23. The second kappa shape index (κ2) is 7.21. The zero-order valence-corrected chi connectivity index (χ0v) is 16.6. The van der Waals surface area contributed by atoms with Gasteiger partial charge in [0.1, 0.15) is 9.86 Å². The van der Waals surface area contributed by atoms with Crippen LogP contribution in [-0.2, 0) is 16.4 Å². The minimum Gasteiger partial charge on any atom is -0.348 e. The molecule has 0 spiro atoms. The summed E-state index contributed by atoms with van der Waals surface area (Å²) in [5.41, 5.74) is 3.04. The van der Waals surface area contributed by atoms with E-state index in [4.69, 9.17) is 0 Å². The number of carbonyl (C=O) groups is 1. The van der Waals surface area contributed by atoms with Gasteiger partial charge in [0.15, 0.2) is 0 Å². The molecule has 6 nitrogen and oxygen atoms in total. The normalized spacial score (nSPS) is 11.6. The fourth-order valence-corrected chi connectivity index (χ4v) is 5.42. The van der Waals surface area contributed by atoms with Gasteiger partial charge in [-0.2, -0.15) is 0 Å². The van der Waals surface area contributed by atoms with Gasteiger partial charge in [-0.3, -0.25) is 4.79 Å². The summed E-state index contributed by atoms with van der Waals surface area (Å²) in [6.45, 7) is 2.17. The Morgan fingerprint density at radius 2 is 1.96 bits per heavy atom. The maximum absolute atomic E-state index is 12.6. The Morgan fingerprint density at radius 1 is 1.18 bits per heavy atom. The maximum Gasteiger partial charge on any atom is 0.253 e. The van der Waals surface area contributed by atoms with Crippen LogP contribution in [0, 0.1) is 6.92 Å². The number of nitrogens with one attached hydrogen (secondary N) is 1. The van der Waals surface area contributed by atoms with E-state index < -0.39 is 9.84 Å². The number of carbonyl (C=O) groups excluding carboxylic acids is 1. The Kier molecular flexibility index (Phi) is 4.74. The van der Waals surface area contributed by atoms with Crippen molar-refractivity contribution >= 4 is 32.7 Å². The standard InChI is InChI=1S/C20H17N3O3S2/c1-14-10-19(27-13-14)28(25,26)17-5-2-15(3-6-17)11-22-20(24)16-4-7-18-21-8-9-23(18)12-16/h2-10,12-13H,11H2,1H3,(H,22,24). The minimum atomic E-state index is -3.50. The number of fused-ring (bicyclic) bond motifs is 1. The van der Waals surface area contributed by atoms with Gasteiger partial charge in [-0.05, 0) is 53.8 Å². The largest absolute Gasteiger partial charge is 0.348 e. The van der Waals surface area contributed by atoms with Crippen molar-refractivity contribution < 1.29 is 13.2 Å². The molecule has 0 unspecified atom stereocenters. The smallest absolute Gasteiger partial charge is 0.253 e. The van der Waals surface area contributed by atoms with Crippen molar-refractivity contribution in [3.05, 3.63) is 83.1 Å². The third kappa shape index (κ3) is 3.56. The molecule has 0 atom stereocenters. The number of nitrogens with zero attached hydrogens (tertiary/aromatic N) is 2. The van der Waals surface area contributed by atoms with Crippen molar-refractivity contribution in [1.82, 2.24) is 14.7 Å². The van der Waals surface area contributed by atoms with Crippen LogP contribution in [0.25, 0.3) is 5.65 Å². The van der Waals surface area contributed by atoms with E-state index in [1.807, 2.05) is 12.3 Å². The molecule has 1 amide bonds. The van der Waals surface area contributed by atoms with Gasteiger partial charge >= 0.3 is 0 Å². The lowest BCUT2D eigenvalue weighted by Gasteiger charge is -2.07. The van der Waals surface area contributed by atoms with Gasteiger partial charge in [0.05, 0.1) is 10.5 Å². The first kappa shape index (κ1) is 18.4. The van der Waals surface area contributed by atoms with E-state index in [9.17, 15) is 13.2 Å². The molecule has 8 heteroatoms.